The number of sulfonamides is 1. The Morgan fingerprint density at radius 3 is 2.48 bits per heavy atom. The van der Waals surface area contributed by atoms with Gasteiger partial charge in [-0.15, -0.1) is 11.8 Å². The van der Waals surface area contributed by atoms with E-state index in [1.165, 1.54) is 36.3 Å². The molecule has 0 radical (unpaired) electrons. The lowest BCUT2D eigenvalue weighted by molar-refractivity contribution is -0.605. The van der Waals surface area contributed by atoms with E-state index in [1.807, 2.05) is 0 Å². The molecule has 2 heterocycles. The van der Waals surface area contributed by atoms with Gasteiger partial charge in [0.2, 0.25) is 10.0 Å². The van der Waals surface area contributed by atoms with Crippen molar-refractivity contribution >= 4 is 56.9 Å². The van der Waals surface area contributed by atoms with Crippen LogP contribution in [0.5, 0.6) is 11.5 Å². The van der Waals surface area contributed by atoms with Gasteiger partial charge in [-0.1, -0.05) is 35.3 Å². The fourth-order valence-electron chi connectivity index (χ4n) is 4.91. The van der Waals surface area contributed by atoms with Crippen LogP contribution in [0.1, 0.15) is 40.4 Å². The average Bonchev–Trinajstić information content (AvgIpc) is 3.72. The SMILES string of the molecule is COc1ccc(C(Cc2c(Cl)c[n+]([O-])cc2Cl)OC(=O)C2SCCN2S(=O)(=O)c2cccc(C(=O)N(C)C)c2)cc1OCC1CC1. The van der Waals surface area contributed by atoms with Gasteiger partial charge in [0.15, 0.2) is 29.3 Å². The molecule has 5 rings (SSSR count). The van der Waals surface area contributed by atoms with Crippen LogP contribution in [0.25, 0.3) is 0 Å². The van der Waals surface area contributed by atoms with Crippen molar-refractivity contribution in [3.05, 3.63) is 86.8 Å². The van der Waals surface area contributed by atoms with Crippen LogP contribution < -0.4 is 14.2 Å². The quantitative estimate of drug-likeness (QED) is 0.149. The van der Waals surface area contributed by atoms with Gasteiger partial charge >= 0.3 is 5.97 Å². The van der Waals surface area contributed by atoms with Crippen LogP contribution >= 0.6 is 35.0 Å². The molecule has 2 atom stereocenters. The molecular weight excluding hydrogens is 677 g/mol. The Morgan fingerprint density at radius 2 is 1.83 bits per heavy atom. The molecular formula is C31H33Cl2N3O8S2. The molecule has 1 saturated carbocycles. The van der Waals surface area contributed by atoms with Crippen LogP contribution in [0, 0.1) is 11.1 Å². The summed E-state index contributed by atoms with van der Waals surface area (Å²) in [6, 6.07) is 10.8. The van der Waals surface area contributed by atoms with Gasteiger partial charge in [-0.05, 0) is 54.7 Å². The van der Waals surface area contributed by atoms with Gasteiger partial charge in [0.05, 0.1) is 18.6 Å². The van der Waals surface area contributed by atoms with Crippen molar-refractivity contribution in [3.63, 3.8) is 0 Å². The predicted octanol–water partition coefficient (Wildman–Crippen LogP) is 4.72. The number of halogens is 2. The number of aromatic nitrogens is 1. The smallest absolute Gasteiger partial charge is 0.335 e. The number of methoxy groups -OCH3 is 1. The number of ether oxygens (including phenoxy) is 3. The zero-order chi connectivity index (χ0) is 33.2. The Hall–Kier alpha value is -3.23. The number of benzene rings is 2. The summed E-state index contributed by atoms with van der Waals surface area (Å²) in [6.45, 7) is 0.571. The zero-order valence-corrected chi connectivity index (χ0v) is 28.5. The van der Waals surface area contributed by atoms with Gasteiger partial charge in [-0.3, -0.25) is 4.79 Å². The van der Waals surface area contributed by atoms with E-state index in [-0.39, 0.29) is 39.4 Å². The first-order chi connectivity index (χ1) is 21.9. The number of hydrogen-bond donors (Lipinski definition) is 0. The lowest BCUT2D eigenvalue weighted by Gasteiger charge is -2.26. The van der Waals surface area contributed by atoms with Gasteiger partial charge < -0.3 is 24.3 Å². The van der Waals surface area contributed by atoms with E-state index in [9.17, 15) is 23.2 Å². The molecule has 0 bridgehead atoms. The van der Waals surface area contributed by atoms with E-state index in [0.717, 1.165) is 41.3 Å². The fraction of sp³-hybridized carbons (Fsp3) is 0.387. The maximum Gasteiger partial charge on any atom is 0.335 e. The Balaban J connectivity index is 1.45. The monoisotopic (exact) mass is 709 g/mol. The van der Waals surface area contributed by atoms with Gasteiger partial charge in [0.1, 0.15) is 16.1 Å². The van der Waals surface area contributed by atoms with Gasteiger partial charge in [-0.2, -0.15) is 9.04 Å². The first-order valence-corrected chi connectivity index (χ1v) is 17.7. The molecule has 1 aliphatic heterocycles. The van der Waals surface area contributed by atoms with Crippen molar-refractivity contribution < 1.29 is 36.9 Å². The van der Waals surface area contributed by atoms with Crippen LogP contribution in [0.3, 0.4) is 0 Å². The summed E-state index contributed by atoms with van der Waals surface area (Å²) in [6.07, 6.45) is 3.46. The molecule has 1 saturated heterocycles. The van der Waals surface area contributed by atoms with E-state index in [0.29, 0.717) is 45.6 Å². The third-order valence-corrected chi connectivity index (χ3v) is 11.4. The highest BCUT2D eigenvalue weighted by Gasteiger charge is 2.42. The summed E-state index contributed by atoms with van der Waals surface area (Å²) in [7, 11) is 0.475. The maximum absolute atomic E-state index is 13.8. The molecule has 2 fully saturated rings. The lowest BCUT2D eigenvalue weighted by Crippen LogP contribution is -2.40. The van der Waals surface area contributed by atoms with E-state index in [2.05, 4.69) is 0 Å². The molecule has 0 N–H and O–H groups in total. The molecule has 1 aliphatic carbocycles. The second-order valence-corrected chi connectivity index (χ2v) is 15.0. The fourth-order valence-corrected chi connectivity index (χ4v) is 8.60. The molecule has 246 valence electrons. The summed E-state index contributed by atoms with van der Waals surface area (Å²) in [5.74, 6) is 0.624. The standard InChI is InChI=1S/C31H33Cl2N3O8S2/c1-34(2)29(37)21-5-4-6-22(13-21)46(40,41)36-11-12-45-30(36)31(38)44-27(15-23-24(32)16-35(39)17-25(23)33)20-9-10-26(42-3)28(14-20)43-18-19-7-8-19/h4-6,9-10,13-14,16-17,19,27,30H,7-8,11-12,15,18H2,1-3H3. The third-order valence-electron chi connectivity index (χ3n) is 7.58. The van der Waals surface area contributed by atoms with Crippen LogP contribution in [-0.2, 0) is 26.0 Å². The Labute approximate surface area is 281 Å². The first kappa shape index (κ1) is 34.1. The molecule has 0 spiro atoms. The Kier molecular flexibility index (Phi) is 10.6. The van der Waals surface area contributed by atoms with E-state index in [4.69, 9.17) is 37.4 Å². The number of rotatable bonds is 12. The third kappa shape index (κ3) is 7.66. The number of carbonyl (C=O) groups excluding carboxylic acids is 2. The molecule has 2 aliphatic rings. The second-order valence-electron chi connectivity index (χ2n) is 11.2. The first-order valence-electron chi connectivity index (χ1n) is 14.4. The minimum Gasteiger partial charge on any atom is -0.619 e. The number of hydrogen-bond acceptors (Lipinski definition) is 9. The summed E-state index contributed by atoms with van der Waals surface area (Å²) in [4.78, 5) is 27.6. The largest absolute Gasteiger partial charge is 0.619 e. The molecule has 2 aromatic carbocycles. The van der Waals surface area contributed by atoms with Crippen molar-refractivity contribution in [2.75, 3.05) is 40.1 Å². The molecule has 46 heavy (non-hydrogen) atoms. The zero-order valence-electron chi connectivity index (χ0n) is 25.4. The lowest BCUT2D eigenvalue weighted by atomic mass is 10.0. The molecule has 11 nitrogen and oxygen atoms in total. The number of amides is 1. The maximum atomic E-state index is 13.8. The van der Waals surface area contributed by atoms with E-state index < -0.39 is 27.5 Å². The van der Waals surface area contributed by atoms with Crippen molar-refractivity contribution in [3.8, 4) is 11.5 Å². The molecule has 15 heteroatoms. The number of esters is 1. The highest BCUT2D eigenvalue weighted by molar-refractivity contribution is 8.02. The highest BCUT2D eigenvalue weighted by atomic mass is 35.5. The number of thioether (sulfide) groups is 1. The average molecular weight is 711 g/mol. The number of nitrogens with zero attached hydrogens (tertiary/aromatic N) is 3. The second kappa shape index (κ2) is 14.3. The van der Waals surface area contributed by atoms with Crippen molar-refractivity contribution in [1.29, 1.82) is 0 Å². The van der Waals surface area contributed by atoms with Crippen molar-refractivity contribution in [2.45, 2.75) is 35.6 Å². The number of carbonyl (C=O) groups is 2. The minimum absolute atomic E-state index is 0.0164. The van der Waals surface area contributed by atoms with Crippen LogP contribution in [0.2, 0.25) is 10.0 Å². The summed E-state index contributed by atoms with van der Waals surface area (Å²) in [5, 5.41) is 10.9. The van der Waals surface area contributed by atoms with Crippen LogP contribution in [0.4, 0.5) is 0 Å². The number of pyridine rings is 1. The molecule has 2 unspecified atom stereocenters. The summed E-state index contributed by atoms with van der Waals surface area (Å²) >= 11 is 13.9. The van der Waals surface area contributed by atoms with E-state index in [1.54, 1.807) is 32.3 Å². The van der Waals surface area contributed by atoms with Gasteiger partial charge in [0.25, 0.3) is 5.91 Å². The van der Waals surface area contributed by atoms with Crippen molar-refractivity contribution in [1.82, 2.24) is 9.21 Å². The minimum atomic E-state index is -4.19. The van der Waals surface area contributed by atoms with Gasteiger partial charge in [-0.25, -0.2) is 13.2 Å². The topological polar surface area (TPSA) is 129 Å². The Bertz CT molecular complexity index is 1710. The van der Waals surface area contributed by atoms with Crippen LogP contribution in [0.15, 0.2) is 59.8 Å². The molecule has 3 aromatic rings. The molecule has 1 aromatic heterocycles. The van der Waals surface area contributed by atoms with Crippen LogP contribution in [-0.4, -0.2) is 75.0 Å². The summed E-state index contributed by atoms with van der Waals surface area (Å²) in [5.41, 5.74) is 1.10. The normalized spacial score (nSPS) is 17.4. The van der Waals surface area contributed by atoms with E-state index >= 15 is 0 Å². The highest BCUT2D eigenvalue weighted by Crippen LogP contribution is 2.39. The predicted molar refractivity (Wildman–Crippen MR) is 174 cm³/mol. The molecule has 1 amide bonds. The van der Waals surface area contributed by atoms with Crippen molar-refractivity contribution in [2.24, 2.45) is 5.92 Å². The van der Waals surface area contributed by atoms with Gasteiger partial charge in [0, 0.05) is 43.9 Å². The Morgan fingerprint density at radius 1 is 1.11 bits per heavy atom. The summed E-state index contributed by atoms with van der Waals surface area (Å²) < 4.78 is 46.7.